The van der Waals surface area contributed by atoms with Crippen LogP contribution in [0.5, 0.6) is 0 Å². The van der Waals surface area contributed by atoms with E-state index in [4.69, 9.17) is 45.0 Å². The Balaban J connectivity index is 0.000000258. The zero-order chi connectivity index (χ0) is 48.7. The fraction of sp³-hybridized carbons (Fsp3) is 0.143. The highest BCUT2D eigenvalue weighted by atomic mass is 32.2. The van der Waals surface area contributed by atoms with Crippen LogP contribution in [0.4, 0.5) is 52.7 Å². The predicted octanol–water partition coefficient (Wildman–Crippen LogP) is 1.71. The summed E-state index contributed by atoms with van der Waals surface area (Å²) in [6.45, 7) is 4.67. The minimum absolute atomic E-state index is 0.0998. The predicted molar refractivity (Wildman–Crippen MR) is 237 cm³/mol. The first-order valence-corrected chi connectivity index (χ1v) is 21.4. The number of rotatable bonds is 11. The average Bonchev–Trinajstić information content (AvgIpc) is 3.77. The average molecular weight is 929 g/mol. The maximum Gasteiger partial charge on any atom is 0.287 e. The van der Waals surface area contributed by atoms with E-state index in [1.54, 1.807) is 13.8 Å². The van der Waals surface area contributed by atoms with Crippen molar-refractivity contribution in [3.05, 3.63) is 118 Å². The smallest absolute Gasteiger partial charge is 0.287 e. The van der Waals surface area contributed by atoms with Crippen molar-refractivity contribution >= 4 is 104 Å². The topological polar surface area (TPSA) is 312 Å². The van der Waals surface area contributed by atoms with Gasteiger partial charge < -0.3 is 27.2 Å². The lowest BCUT2D eigenvalue weighted by molar-refractivity contribution is 0.0930. The van der Waals surface area contributed by atoms with Gasteiger partial charge in [0.1, 0.15) is 34.4 Å². The Kier molecular flexibility index (Phi) is 16.5. The van der Waals surface area contributed by atoms with E-state index in [1.807, 2.05) is 0 Å². The molecule has 6 aromatic rings. The number of nitrogen functional groups attached to an aromatic ring is 2. The summed E-state index contributed by atoms with van der Waals surface area (Å²) in [7, 11) is 8.07. The van der Waals surface area contributed by atoms with Gasteiger partial charge in [-0.15, -0.1) is 10.2 Å². The number of hydrogen-bond donors (Lipinski definition) is 7. The molecule has 1 unspecified atom stereocenters. The molecule has 2 aromatic heterocycles. The summed E-state index contributed by atoms with van der Waals surface area (Å²) in [4.78, 5) is 32.7. The lowest BCUT2D eigenvalue weighted by atomic mass is 8.97. The van der Waals surface area contributed by atoms with Crippen LogP contribution in [0.1, 0.15) is 64.6 Å². The van der Waals surface area contributed by atoms with Crippen LogP contribution in [0.3, 0.4) is 0 Å². The highest BCUT2D eigenvalue weighted by Gasteiger charge is 2.28. The summed E-state index contributed by atoms with van der Waals surface area (Å²) in [5.41, 5.74) is 10.2. The van der Waals surface area contributed by atoms with E-state index < -0.39 is 90.6 Å². The Morgan fingerprint density at radius 1 is 0.677 bits per heavy atom. The fourth-order valence-electron chi connectivity index (χ4n) is 5.28. The lowest BCUT2D eigenvalue weighted by Gasteiger charge is -2.11. The monoisotopic (exact) mass is 929 g/mol. The number of halogens is 4. The van der Waals surface area contributed by atoms with Gasteiger partial charge in [-0.25, -0.2) is 44.7 Å². The Morgan fingerprint density at radius 3 is 1.32 bits per heavy atom. The molecule has 2 heterocycles. The number of sulfonamides is 2. The second kappa shape index (κ2) is 21.0. The maximum absolute atomic E-state index is 14.7. The number of primary sulfonamides is 2. The molecule has 11 N–H and O–H groups in total. The third-order valence-electron chi connectivity index (χ3n) is 8.49. The van der Waals surface area contributed by atoms with Crippen molar-refractivity contribution in [2.75, 3.05) is 22.1 Å². The minimum atomic E-state index is -3.87. The van der Waals surface area contributed by atoms with Crippen molar-refractivity contribution in [2.45, 2.75) is 42.6 Å². The number of hydrogen-bond acceptors (Lipinski definition) is 15. The number of nitrogens with one attached hydrogen (secondary N) is 2. The molecule has 0 fully saturated rings. The van der Waals surface area contributed by atoms with Crippen molar-refractivity contribution in [3.8, 4) is 0 Å². The van der Waals surface area contributed by atoms with Crippen LogP contribution in [-0.4, -0.2) is 99.9 Å². The number of carbonyl (C=O) groups is 2. The molecule has 4 aromatic carbocycles. The first-order chi connectivity index (χ1) is 30.2. The summed E-state index contributed by atoms with van der Waals surface area (Å²) >= 11 is 0. The quantitative estimate of drug-likeness (QED) is 0.0719. The van der Waals surface area contributed by atoms with Gasteiger partial charge in [0.05, 0.1) is 15.9 Å². The number of anilines is 6. The van der Waals surface area contributed by atoms with Crippen LogP contribution < -0.4 is 32.4 Å². The van der Waals surface area contributed by atoms with Gasteiger partial charge >= 0.3 is 0 Å². The number of aliphatic hydroxyl groups excluding tert-OH is 1. The molecule has 0 bridgehead atoms. The molecule has 6 rings (SSSR count). The van der Waals surface area contributed by atoms with Crippen molar-refractivity contribution in [3.63, 3.8) is 0 Å². The molecule has 7 radical (unpaired) electrons. The van der Waals surface area contributed by atoms with E-state index in [9.17, 15) is 49.1 Å². The van der Waals surface area contributed by atoms with Gasteiger partial charge in [-0.05, 0) is 79.1 Å². The normalized spacial score (nSPS) is 11.7. The Hall–Kier alpha value is -6.48. The molecule has 65 heavy (non-hydrogen) atoms. The standard InChI is InChI=1S/C18H18F2N6O3S.C17H16F2N6O4S.B5/c1-9(2)12-7-8-13(19)14(15(12)20)16(27)26-17(21)24-18(25-26)23-10-3-5-11(6-4-10)30(22,28)29;1-8(26)11-6-7-12(18)13(14(11)19)15(27)25-16(20)23-17(24-25)22-9-2-4-10(5-3-9)30(21,28)29;1-4-5(2)3/h3-9H,1-2H3,(H2,22,28,29)(H3,21,23,24,25);2-8,26H,1H3,(H2,21,28,29)(H3,20,22,23,24);. The SMILES string of the molecule is CC(C)c1ccc(F)c(C(=O)n2nc(Nc3ccc(S(N)(=O)=O)cc3)nc2N)c1F.CC(O)c1ccc(F)c(C(=O)n2nc(Nc3ccc(S(N)(=O)=O)cc3)nc2N)c1F.[B][B]B([B])[B]. The van der Waals surface area contributed by atoms with Crippen LogP contribution in [-0.2, 0) is 20.0 Å². The molecule has 0 amide bonds. The molecule has 0 saturated heterocycles. The number of benzene rings is 4. The van der Waals surface area contributed by atoms with Gasteiger partial charge in [-0.3, -0.25) is 9.59 Å². The molecule has 30 heteroatoms. The summed E-state index contributed by atoms with van der Waals surface area (Å²) in [5.74, 6) is -8.22. The third-order valence-corrected chi connectivity index (χ3v) is 10.3. The Morgan fingerprint density at radius 2 is 1.02 bits per heavy atom. The van der Waals surface area contributed by atoms with Gasteiger partial charge in [0, 0.05) is 53.6 Å². The number of aliphatic hydroxyl groups is 1. The summed E-state index contributed by atoms with van der Waals surface area (Å²) in [6, 6.07) is 14.6. The first-order valence-electron chi connectivity index (χ1n) is 18.3. The fourth-order valence-corrected chi connectivity index (χ4v) is 6.31. The number of carbonyl (C=O) groups excluding carboxylic acids is 2. The van der Waals surface area contributed by atoms with Crippen molar-refractivity contribution in [2.24, 2.45) is 10.3 Å². The summed E-state index contributed by atoms with van der Waals surface area (Å²) in [5, 5.41) is 32.7. The van der Waals surface area contributed by atoms with Gasteiger partial charge in [-0.1, -0.05) is 26.0 Å². The number of aromatic nitrogens is 6. The third kappa shape index (κ3) is 12.8. The lowest BCUT2D eigenvalue weighted by Crippen LogP contribution is -2.23. The second-order valence-corrected chi connectivity index (χ2v) is 16.8. The minimum Gasteiger partial charge on any atom is -0.389 e. The molecule has 0 saturated carbocycles. The maximum atomic E-state index is 14.7. The number of nitrogens with two attached hydrogens (primary N) is 4. The molecule has 19 nitrogen and oxygen atoms in total. The van der Waals surface area contributed by atoms with Crippen molar-refractivity contribution in [1.82, 2.24) is 29.5 Å². The molecular formula is C35H34B5F4N12O7S2. The highest BCUT2D eigenvalue weighted by molar-refractivity contribution is 7.89. The Bertz CT molecular complexity index is 2740. The van der Waals surface area contributed by atoms with Crippen molar-refractivity contribution < 1.29 is 49.1 Å². The summed E-state index contributed by atoms with van der Waals surface area (Å²) < 4.78 is 104. The molecule has 0 spiro atoms. The number of nitrogens with zero attached hydrogens (tertiary/aromatic N) is 6. The van der Waals surface area contributed by atoms with E-state index in [-0.39, 0.29) is 38.7 Å². The van der Waals surface area contributed by atoms with E-state index in [1.165, 1.54) is 68.6 Å². The molecule has 0 aliphatic heterocycles. The first kappa shape index (κ1) is 51.2. The van der Waals surface area contributed by atoms with Crippen LogP contribution in [0.15, 0.2) is 82.6 Å². The van der Waals surface area contributed by atoms with E-state index in [0.29, 0.717) is 20.7 Å². The van der Waals surface area contributed by atoms with Gasteiger partial charge in [0.25, 0.3) is 11.8 Å². The van der Waals surface area contributed by atoms with Gasteiger partial charge in [0.2, 0.25) is 43.8 Å². The molecule has 0 aliphatic rings. The highest BCUT2D eigenvalue weighted by Crippen LogP contribution is 2.27. The van der Waals surface area contributed by atoms with E-state index in [0.717, 1.165) is 18.2 Å². The van der Waals surface area contributed by atoms with Crippen LogP contribution in [0, 0.1) is 23.3 Å². The molecule has 331 valence electrons. The summed E-state index contributed by atoms with van der Waals surface area (Å²) in [6.07, 6.45) is -1.74. The molecular weight excluding hydrogens is 895 g/mol. The van der Waals surface area contributed by atoms with Gasteiger partial charge in [-0.2, -0.15) is 19.3 Å². The van der Waals surface area contributed by atoms with Crippen LogP contribution >= 0.6 is 0 Å². The Labute approximate surface area is 374 Å². The zero-order valence-corrected chi connectivity index (χ0v) is 35.8. The largest absolute Gasteiger partial charge is 0.389 e. The second-order valence-electron chi connectivity index (χ2n) is 13.7. The van der Waals surface area contributed by atoms with Crippen molar-refractivity contribution in [1.29, 1.82) is 0 Å². The zero-order valence-electron chi connectivity index (χ0n) is 34.2. The van der Waals surface area contributed by atoms with Crippen LogP contribution in [0.2, 0.25) is 0 Å². The van der Waals surface area contributed by atoms with E-state index >= 15 is 0 Å². The van der Waals surface area contributed by atoms with E-state index in [2.05, 4.69) is 30.8 Å². The molecule has 0 aliphatic carbocycles. The van der Waals surface area contributed by atoms with Crippen LogP contribution in [0.25, 0.3) is 0 Å². The van der Waals surface area contributed by atoms with Gasteiger partial charge in [0.15, 0.2) is 0 Å². The molecule has 1 atom stereocenters.